The molecular formula is C10H16N4O2S. The molecule has 0 atom stereocenters. The number of thioether (sulfide) groups is 1. The van der Waals surface area contributed by atoms with Gasteiger partial charge >= 0.3 is 5.97 Å². The third kappa shape index (κ3) is 5.50. The topological polar surface area (TPSA) is 90.1 Å². The summed E-state index contributed by atoms with van der Waals surface area (Å²) in [6.07, 6.45) is 3.06. The molecule has 0 radical (unpaired) electrons. The molecule has 0 fully saturated rings. The Balaban J connectivity index is 2.47. The lowest BCUT2D eigenvalue weighted by Gasteiger charge is -2.19. The molecule has 0 aliphatic carbocycles. The van der Waals surface area contributed by atoms with Crippen LogP contribution in [0.5, 0.6) is 0 Å². The Morgan fingerprint density at radius 1 is 1.53 bits per heavy atom. The number of nitrogens with zero attached hydrogens (tertiary/aromatic N) is 2. The van der Waals surface area contributed by atoms with Crippen molar-refractivity contribution >= 4 is 23.5 Å². The van der Waals surface area contributed by atoms with Crippen molar-refractivity contribution in [3.05, 3.63) is 12.4 Å². The molecule has 0 saturated heterocycles. The van der Waals surface area contributed by atoms with E-state index in [4.69, 9.17) is 10.6 Å². The highest BCUT2D eigenvalue weighted by atomic mass is 32.2. The Morgan fingerprint density at radius 3 is 2.82 bits per heavy atom. The van der Waals surface area contributed by atoms with Crippen molar-refractivity contribution in [1.82, 2.24) is 9.97 Å². The van der Waals surface area contributed by atoms with E-state index in [0.717, 1.165) is 0 Å². The lowest BCUT2D eigenvalue weighted by molar-refractivity contribution is -0.151. The van der Waals surface area contributed by atoms with Crippen LogP contribution in [0.15, 0.2) is 17.4 Å². The summed E-state index contributed by atoms with van der Waals surface area (Å²) in [6, 6.07) is 0. The number of anilines is 1. The molecule has 17 heavy (non-hydrogen) atoms. The average Bonchev–Trinajstić information content (AvgIpc) is 2.24. The normalized spacial score (nSPS) is 11.1. The number of nitrogen functional groups attached to an aromatic ring is 1. The largest absolute Gasteiger partial charge is 0.459 e. The highest BCUT2D eigenvalue weighted by Crippen LogP contribution is 2.17. The zero-order valence-electron chi connectivity index (χ0n) is 10.1. The summed E-state index contributed by atoms with van der Waals surface area (Å²) in [5, 5.41) is 0.617. The van der Waals surface area contributed by atoms with Gasteiger partial charge in [-0.15, -0.1) is 0 Å². The van der Waals surface area contributed by atoms with Crippen LogP contribution in [-0.4, -0.2) is 27.3 Å². The van der Waals surface area contributed by atoms with Crippen LogP contribution >= 0.6 is 11.8 Å². The van der Waals surface area contributed by atoms with E-state index in [9.17, 15) is 4.79 Å². The number of hydrogen-bond donors (Lipinski definition) is 2. The van der Waals surface area contributed by atoms with Crippen LogP contribution in [0.4, 0.5) is 5.82 Å². The Bertz CT molecular complexity index is 392. The zero-order chi connectivity index (χ0) is 12.9. The second-order valence-electron chi connectivity index (χ2n) is 4.26. The second-order valence-corrected chi connectivity index (χ2v) is 5.26. The maximum absolute atomic E-state index is 11.5. The third-order valence-electron chi connectivity index (χ3n) is 1.52. The van der Waals surface area contributed by atoms with Gasteiger partial charge in [0.15, 0.2) is 5.82 Å². The Kier molecular flexibility index (Phi) is 4.71. The van der Waals surface area contributed by atoms with Crippen LogP contribution in [0.25, 0.3) is 0 Å². The molecule has 94 valence electrons. The minimum absolute atomic E-state index is 0.194. The van der Waals surface area contributed by atoms with Crippen molar-refractivity contribution < 1.29 is 9.53 Å². The van der Waals surface area contributed by atoms with Crippen LogP contribution < -0.4 is 11.3 Å². The fourth-order valence-corrected chi connectivity index (χ4v) is 1.61. The monoisotopic (exact) mass is 256 g/mol. The zero-order valence-corrected chi connectivity index (χ0v) is 10.9. The van der Waals surface area contributed by atoms with Crippen molar-refractivity contribution in [2.24, 2.45) is 5.84 Å². The second kappa shape index (κ2) is 5.83. The number of carbonyl (C=O) groups is 1. The fourth-order valence-electron chi connectivity index (χ4n) is 0.991. The van der Waals surface area contributed by atoms with Gasteiger partial charge in [-0.05, 0) is 20.8 Å². The molecular weight excluding hydrogens is 240 g/mol. The smallest absolute Gasteiger partial charge is 0.316 e. The maximum atomic E-state index is 11.5. The van der Waals surface area contributed by atoms with E-state index in [2.05, 4.69) is 15.4 Å². The minimum Gasteiger partial charge on any atom is -0.459 e. The minimum atomic E-state index is -0.468. The molecule has 0 spiro atoms. The Hall–Kier alpha value is -1.34. The number of aromatic nitrogens is 2. The number of esters is 1. The van der Waals surface area contributed by atoms with Crippen molar-refractivity contribution in [3.63, 3.8) is 0 Å². The van der Waals surface area contributed by atoms with Gasteiger partial charge in [0.2, 0.25) is 0 Å². The van der Waals surface area contributed by atoms with Gasteiger partial charge in [-0.25, -0.2) is 10.8 Å². The molecule has 3 N–H and O–H groups in total. The Morgan fingerprint density at radius 2 is 2.24 bits per heavy atom. The Labute approximate surface area is 104 Å². The van der Waals surface area contributed by atoms with E-state index in [1.807, 2.05) is 20.8 Å². The summed E-state index contributed by atoms with van der Waals surface area (Å²) in [5.74, 6) is 5.57. The summed E-state index contributed by atoms with van der Waals surface area (Å²) in [6.45, 7) is 5.48. The molecule has 0 aliphatic heterocycles. The molecule has 1 heterocycles. The molecule has 0 aliphatic rings. The molecule has 6 nitrogen and oxygen atoms in total. The molecule has 1 rings (SSSR count). The molecule has 0 unspecified atom stereocenters. The predicted molar refractivity (Wildman–Crippen MR) is 66.4 cm³/mol. The van der Waals surface area contributed by atoms with Crippen LogP contribution in [0.3, 0.4) is 0 Å². The number of rotatable bonds is 4. The number of hydrazine groups is 1. The molecule has 0 bridgehead atoms. The molecule has 0 saturated carbocycles. The lowest BCUT2D eigenvalue weighted by atomic mass is 10.2. The van der Waals surface area contributed by atoms with Crippen LogP contribution in [-0.2, 0) is 9.53 Å². The van der Waals surface area contributed by atoms with E-state index in [1.54, 1.807) is 6.20 Å². The number of carbonyl (C=O) groups excluding carboxylic acids is 1. The first-order chi connectivity index (χ1) is 7.90. The van der Waals surface area contributed by atoms with Gasteiger partial charge in [-0.1, -0.05) is 11.8 Å². The average molecular weight is 256 g/mol. The predicted octanol–water partition coefficient (Wildman–Crippen LogP) is 1.20. The van der Waals surface area contributed by atoms with Crippen molar-refractivity contribution in [2.75, 3.05) is 11.2 Å². The van der Waals surface area contributed by atoms with Crippen molar-refractivity contribution in [3.8, 4) is 0 Å². The summed E-state index contributed by atoms with van der Waals surface area (Å²) in [4.78, 5) is 19.5. The van der Waals surface area contributed by atoms with Crippen LogP contribution in [0.2, 0.25) is 0 Å². The van der Waals surface area contributed by atoms with Gasteiger partial charge in [-0.2, -0.15) is 0 Å². The highest BCUT2D eigenvalue weighted by molar-refractivity contribution is 7.99. The summed E-state index contributed by atoms with van der Waals surface area (Å²) >= 11 is 1.26. The number of nitrogens with two attached hydrogens (primary N) is 1. The van der Waals surface area contributed by atoms with Gasteiger partial charge in [-0.3, -0.25) is 9.78 Å². The van der Waals surface area contributed by atoms with E-state index in [1.165, 1.54) is 18.0 Å². The molecule has 0 amide bonds. The highest BCUT2D eigenvalue weighted by Gasteiger charge is 2.16. The molecule has 7 heteroatoms. The van der Waals surface area contributed by atoms with Gasteiger partial charge in [0, 0.05) is 0 Å². The van der Waals surface area contributed by atoms with E-state index in [0.29, 0.717) is 10.8 Å². The summed E-state index contributed by atoms with van der Waals surface area (Å²) in [7, 11) is 0. The van der Waals surface area contributed by atoms with Crippen LogP contribution in [0, 0.1) is 0 Å². The molecule has 1 aromatic heterocycles. The van der Waals surface area contributed by atoms with Crippen LogP contribution in [0.1, 0.15) is 20.8 Å². The number of ether oxygens (including phenoxy) is 1. The first kappa shape index (κ1) is 13.7. The van der Waals surface area contributed by atoms with Crippen molar-refractivity contribution in [1.29, 1.82) is 0 Å². The lowest BCUT2D eigenvalue weighted by Crippen LogP contribution is -2.24. The van der Waals surface area contributed by atoms with Gasteiger partial charge in [0.05, 0.1) is 18.1 Å². The number of hydrogen-bond acceptors (Lipinski definition) is 7. The first-order valence-electron chi connectivity index (χ1n) is 5.04. The standard InChI is InChI=1S/C10H16N4O2S/c1-10(2,3)16-9(15)6-17-8-5-12-4-7(13-8)14-11/h4-5H,6,11H2,1-3H3,(H,13,14). The fraction of sp³-hybridized carbons (Fsp3) is 0.500. The first-order valence-corrected chi connectivity index (χ1v) is 6.02. The van der Waals surface area contributed by atoms with Gasteiger partial charge in [0.25, 0.3) is 0 Å². The van der Waals surface area contributed by atoms with E-state index >= 15 is 0 Å². The summed E-state index contributed by atoms with van der Waals surface area (Å²) < 4.78 is 5.17. The number of nitrogens with one attached hydrogen (secondary N) is 1. The molecule has 0 aromatic carbocycles. The summed E-state index contributed by atoms with van der Waals surface area (Å²) in [5.41, 5.74) is 1.92. The quantitative estimate of drug-likeness (QED) is 0.362. The molecule has 1 aromatic rings. The van der Waals surface area contributed by atoms with Crippen molar-refractivity contribution in [2.45, 2.75) is 31.4 Å². The SMILES string of the molecule is CC(C)(C)OC(=O)CSc1cncc(NN)n1. The van der Waals surface area contributed by atoms with E-state index in [-0.39, 0.29) is 11.7 Å². The maximum Gasteiger partial charge on any atom is 0.316 e. The van der Waals surface area contributed by atoms with Gasteiger partial charge < -0.3 is 10.2 Å². The van der Waals surface area contributed by atoms with E-state index < -0.39 is 5.60 Å². The third-order valence-corrected chi connectivity index (χ3v) is 2.39. The van der Waals surface area contributed by atoms with Gasteiger partial charge in [0.1, 0.15) is 10.6 Å².